The minimum atomic E-state index is -4.17. The maximum Gasteiger partial charge on any atom is 0.330 e. The van der Waals surface area contributed by atoms with Crippen LogP contribution in [0.15, 0.2) is 29.2 Å². The van der Waals surface area contributed by atoms with Crippen LogP contribution < -0.4 is 5.14 Å². The lowest BCUT2D eigenvalue weighted by molar-refractivity contribution is 0.481. The summed E-state index contributed by atoms with van der Waals surface area (Å²) in [4.78, 5) is -0.0278. The number of hydrogen-bond donors (Lipinski definition) is 3. The highest BCUT2D eigenvalue weighted by Crippen LogP contribution is 2.15. The molecule has 0 spiro atoms. The summed E-state index contributed by atoms with van der Waals surface area (Å²) >= 11 is 0. The van der Waals surface area contributed by atoms with E-state index in [1.165, 1.54) is 44.6 Å². The molecule has 0 unspecified atom stereocenters. The van der Waals surface area contributed by atoms with Crippen LogP contribution in [0.25, 0.3) is 0 Å². The molecule has 1 aliphatic carbocycles. The summed E-state index contributed by atoms with van der Waals surface area (Å²) in [7, 11) is -8.20. The third kappa shape index (κ3) is 12.7. The summed E-state index contributed by atoms with van der Waals surface area (Å²) in [6.45, 7) is 1.63. The average molecular weight is 353 g/mol. The molecule has 0 radical (unpaired) electrons. The number of hydrogen-bond acceptors (Lipinski definition) is 4. The first kappa shape index (κ1) is 21.0. The van der Waals surface area contributed by atoms with Crippen molar-refractivity contribution in [3.8, 4) is 0 Å². The minimum absolute atomic E-state index is 0.0278. The highest BCUT2D eigenvalue weighted by atomic mass is 32.2. The van der Waals surface area contributed by atoms with Gasteiger partial charge in [0.2, 0.25) is 0 Å². The summed E-state index contributed by atoms with van der Waals surface area (Å²) in [5.41, 5.74) is 0.551. The minimum Gasteiger partial charge on any atom is -0.282 e. The van der Waals surface area contributed by atoms with Gasteiger partial charge < -0.3 is 0 Å². The van der Waals surface area contributed by atoms with Gasteiger partial charge in [-0.1, -0.05) is 56.7 Å². The third-order valence-electron chi connectivity index (χ3n) is 2.87. The Morgan fingerprint density at radius 1 is 0.864 bits per heavy atom. The summed E-state index contributed by atoms with van der Waals surface area (Å²) in [5, 5.41) is 3.88. The SMILES string of the molecule is C1CCCCC1.Cc1ccccc1S(=O)(=O)O.NS(=O)(=O)O. The van der Waals surface area contributed by atoms with Gasteiger partial charge in [0.1, 0.15) is 0 Å². The van der Waals surface area contributed by atoms with Gasteiger partial charge in [0, 0.05) is 0 Å². The Kier molecular flexibility index (Phi) is 9.45. The lowest BCUT2D eigenvalue weighted by Gasteiger charge is -2.05. The molecule has 22 heavy (non-hydrogen) atoms. The lowest BCUT2D eigenvalue weighted by atomic mass is 10.0. The average Bonchev–Trinajstić information content (AvgIpc) is 2.39. The van der Waals surface area contributed by atoms with Gasteiger partial charge in [-0.2, -0.15) is 16.8 Å². The molecule has 1 fully saturated rings. The van der Waals surface area contributed by atoms with Crippen molar-refractivity contribution in [2.45, 2.75) is 50.3 Å². The van der Waals surface area contributed by atoms with Crippen molar-refractivity contribution < 1.29 is 25.9 Å². The highest BCUT2D eigenvalue weighted by molar-refractivity contribution is 7.85. The van der Waals surface area contributed by atoms with Gasteiger partial charge in [-0.05, 0) is 18.6 Å². The highest BCUT2D eigenvalue weighted by Gasteiger charge is 2.10. The molecule has 128 valence electrons. The Labute approximate surface area is 132 Å². The van der Waals surface area contributed by atoms with Crippen molar-refractivity contribution in [3.05, 3.63) is 29.8 Å². The molecule has 1 aromatic carbocycles. The van der Waals surface area contributed by atoms with Crippen molar-refractivity contribution in [3.63, 3.8) is 0 Å². The topological polar surface area (TPSA) is 135 Å². The molecule has 1 aliphatic rings. The van der Waals surface area contributed by atoms with Gasteiger partial charge in [-0.25, -0.2) is 5.14 Å². The van der Waals surface area contributed by atoms with Crippen LogP contribution in [0.3, 0.4) is 0 Å². The van der Waals surface area contributed by atoms with Gasteiger partial charge in [-0.3, -0.25) is 9.11 Å². The molecule has 1 saturated carbocycles. The van der Waals surface area contributed by atoms with Gasteiger partial charge in [0.15, 0.2) is 0 Å². The van der Waals surface area contributed by atoms with Gasteiger partial charge in [-0.15, -0.1) is 0 Å². The smallest absolute Gasteiger partial charge is 0.282 e. The Morgan fingerprint density at radius 3 is 1.41 bits per heavy atom. The van der Waals surface area contributed by atoms with Crippen LogP contribution in [-0.2, 0) is 20.4 Å². The van der Waals surface area contributed by atoms with Crippen molar-refractivity contribution in [1.29, 1.82) is 0 Å². The number of rotatable bonds is 1. The molecular weight excluding hydrogens is 330 g/mol. The van der Waals surface area contributed by atoms with Crippen LogP contribution in [0, 0.1) is 6.92 Å². The molecule has 2 rings (SSSR count). The van der Waals surface area contributed by atoms with E-state index in [4.69, 9.17) is 17.5 Å². The van der Waals surface area contributed by atoms with Crippen LogP contribution in [0.1, 0.15) is 44.1 Å². The van der Waals surface area contributed by atoms with Crippen LogP contribution in [-0.4, -0.2) is 25.9 Å². The second-order valence-electron chi connectivity index (χ2n) is 4.88. The van der Waals surface area contributed by atoms with Crippen molar-refractivity contribution in [2.75, 3.05) is 0 Å². The van der Waals surface area contributed by atoms with E-state index in [9.17, 15) is 8.42 Å². The summed E-state index contributed by atoms with van der Waals surface area (Å²) in [6.07, 6.45) is 9.00. The van der Waals surface area contributed by atoms with E-state index in [2.05, 4.69) is 5.14 Å². The van der Waals surface area contributed by atoms with Gasteiger partial charge in [0.05, 0.1) is 4.90 Å². The zero-order valence-corrected chi connectivity index (χ0v) is 14.1. The molecule has 9 heteroatoms. The second-order valence-corrected chi connectivity index (χ2v) is 7.30. The molecule has 4 N–H and O–H groups in total. The Balaban J connectivity index is 0.000000338. The monoisotopic (exact) mass is 353 g/mol. The van der Waals surface area contributed by atoms with Crippen LogP contribution in [0.4, 0.5) is 0 Å². The molecular formula is C13H23NO6S2. The first-order valence-corrected chi connectivity index (χ1v) is 9.74. The first-order chi connectivity index (χ1) is 10.0. The second kappa shape index (κ2) is 9.90. The summed E-state index contributed by atoms with van der Waals surface area (Å²) in [5.74, 6) is 0. The predicted molar refractivity (Wildman–Crippen MR) is 84.4 cm³/mol. The Hall–Kier alpha value is -1.00. The predicted octanol–water partition coefficient (Wildman–Crippen LogP) is 2.33. The number of nitrogens with two attached hydrogens (primary N) is 1. The van der Waals surface area contributed by atoms with Crippen LogP contribution in [0.2, 0.25) is 0 Å². The van der Waals surface area contributed by atoms with Crippen LogP contribution in [0.5, 0.6) is 0 Å². The lowest BCUT2D eigenvalue weighted by Crippen LogP contribution is -2.08. The Morgan fingerprint density at radius 2 is 1.18 bits per heavy atom. The van der Waals surface area contributed by atoms with Crippen molar-refractivity contribution in [1.82, 2.24) is 0 Å². The molecule has 1 aromatic rings. The maximum absolute atomic E-state index is 10.6. The molecule has 0 saturated heterocycles. The van der Waals surface area contributed by atoms with Gasteiger partial charge in [0.25, 0.3) is 10.1 Å². The fraction of sp³-hybridized carbons (Fsp3) is 0.538. The van der Waals surface area contributed by atoms with E-state index in [-0.39, 0.29) is 4.90 Å². The number of aryl methyl sites for hydroxylation is 1. The molecule has 0 heterocycles. The largest absolute Gasteiger partial charge is 0.330 e. The Bertz CT molecular complexity index is 617. The van der Waals surface area contributed by atoms with E-state index in [0.717, 1.165) is 0 Å². The first-order valence-electron chi connectivity index (χ1n) is 6.80. The quantitative estimate of drug-likeness (QED) is 0.663. The van der Waals surface area contributed by atoms with Crippen molar-refractivity contribution >= 4 is 20.4 Å². The molecule has 0 aliphatic heterocycles. The molecule has 0 bridgehead atoms. The summed E-state index contributed by atoms with van der Waals surface area (Å²) < 4.78 is 55.1. The standard InChI is InChI=1S/C7H8O3S.C6H12.H3NO3S/c1-6-4-2-3-5-7(6)11(8,9)10;1-2-4-6-5-3-1;1-5(2,3)4/h2-5H,1H3,(H,8,9,10);1-6H2;(H3,1,2,3,4). The summed E-state index contributed by atoms with van der Waals surface area (Å²) in [6, 6.07) is 6.27. The fourth-order valence-electron chi connectivity index (χ4n) is 1.91. The molecule has 0 amide bonds. The maximum atomic E-state index is 10.6. The third-order valence-corrected chi connectivity index (χ3v) is 3.89. The molecule has 7 nitrogen and oxygen atoms in total. The van der Waals surface area contributed by atoms with Crippen molar-refractivity contribution in [2.24, 2.45) is 5.14 Å². The fourth-order valence-corrected chi connectivity index (χ4v) is 2.63. The van der Waals surface area contributed by atoms with E-state index in [1.54, 1.807) is 25.1 Å². The zero-order valence-electron chi connectivity index (χ0n) is 12.5. The normalized spacial score (nSPS) is 14.9. The van der Waals surface area contributed by atoms with Crippen LogP contribution >= 0.6 is 0 Å². The molecule has 0 aromatic heterocycles. The van der Waals surface area contributed by atoms with E-state index in [0.29, 0.717) is 5.56 Å². The zero-order chi connectivity index (χ0) is 17.2. The number of benzene rings is 1. The van der Waals surface area contributed by atoms with E-state index >= 15 is 0 Å². The van der Waals surface area contributed by atoms with E-state index < -0.39 is 20.4 Å². The van der Waals surface area contributed by atoms with Gasteiger partial charge >= 0.3 is 10.3 Å². The van der Waals surface area contributed by atoms with E-state index in [1.807, 2.05) is 0 Å². The molecule has 0 atom stereocenters.